The minimum absolute atomic E-state index is 0.192. The van der Waals surface area contributed by atoms with Gasteiger partial charge in [0.05, 0.1) is 13.1 Å². The average molecular weight is 290 g/mol. The molecule has 0 aliphatic carbocycles. The molecule has 2 aromatic rings. The Bertz CT molecular complexity index is 580. The summed E-state index contributed by atoms with van der Waals surface area (Å²) in [6.45, 7) is 7.23. The zero-order valence-electron chi connectivity index (χ0n) is 12.9. The van der Waals surface area contributed by atoms with Crippen molar-refractivity contribution in [2.75, 3.05) is 13.6 Å². The van der Waals surface area contributed by atoms with Crippen molar-refractivity contribution in [1.82, 2.24) is 10.2 Å². The Balaban J connectivity index is 1.94. The molecule has 0 spiro atoms. The number of aryl methyl sites for hydroxylation is 1. The van der Waals surface area contributed by atoms with E-state index in [2.05, 4.69) is 30.1 Å². The Hall–Kier alpha value is -1.65. The van der Waals surface area contributed by atoms with Gasteiger partial charge in [0.25, 0.3) is 0 Å². The molecule has 0 saturated carbocycles. The molecular formula is C17H23FN2O. The molecule has 0 radical (unpaired) electrons. The van der Waals surface area contributed by atoms with Crippen LogP contribution in [0.3, 0.4) is 0 Å². The highest BCUT2D eigenvalue weighted by Gasteiger charge is 2.10. The third kappa shape index (κ3) is 4.69. The van der Waals surface area contributed by atoms with Crippen LogP contribution in [0.1, 0.15) is 29.6 Å². The lowest BCUT2D eigenvalue weighted by Crippen LogP contribution is -2.17. The first-order valence-electron chi connectivity index (χ1n) is 7.30. The molecule has 1 heterocycles. The largest absolute Gasteiger partial charge is 0.463 e. The molecule has 0 aliphatic rings. The highest BCUT2D eigenvalue weighted by Crippen LogP contribution is 2.17. The van der Waals surface area contributed by atoms with Gasteiger partial charge in [-0.2, -0.15) is 0 Å². The van der Waals surface area contributed by atoms with E-state index < -0.39 is 0 Å². The second-order valence-electron chi connectivity index (χ2n) is 5.40. The van der Waals surface area contributed by atoms with Gasteiger partial charge in [0.15, 0.2) is 0 Å². The van der Waals surface area contributed by atoms with Crippen LogP contribution in [-0.4, -0.2) is 18.5 Å². The maximum Gasteiger partial charge on any atom is 0.123 e. The molecule has 0 bridgehead atoms. The van der Waals surface area contributed by atoms with Crippen molar-refractivity contribution in [3.8, 4) is 0 Å². The quantitative estimate of drug-likeness (QED) is 0.846. The van der Waals surface area contributed by atoms with Gasteiger partial charge < -0.3 is 9.73 Å². The first-order valence-corrected chi connectivity index (χ1v) is 7.30. The molecule has 0 unspecified atom stereocenters. The summed E-state index contributed by atoms with van der Waals surface area (Å²) in [5.74, 6) is 1.74. The summed E-state index contributed by atoms with van der Waals surface area (Å²) in [5, 5.41) is 3.27. The molecule has 0 fully saturated rings. The van der Waals surface area contributed by atoms with Gasteiger partial charge in [-0.25, -0.2) is 4.39 Å². The van der Waals surface area contributed by atoms with Crippen molar-refractivity contribution >= 4 is 0 Å². The summed E-state index contributed by atoms with van der Waals surface area (Å²) in [6.07, 6.45) is 0. The molecule has 1 N–H and O–H groups in total. The van der Waals surface area contributed by atoms with Crippen LogP contribution in [0.2, 0.25) is 0 Å². The number of rotatable bonds is 7. The van der Waals surface area contributed by atoms with Crippen LogP contribution in [-0.2, 0) is 19.6 Å². The number of hydrogen-bond acceptors (Lipinski definition) is 3. The fourth-order valence-corrected chi connectivity index (χ4v) is 2.35. The van der Waals surface area contributed by atoms with E-state index in [-0.39, 0.29) is 5.82 Å². The minimum Gasteiger partial charge on any atom is -0.463 e. The number of nitrogens with zero attached hydrogens (tertiary/aromatic N) is 1. The minimum atomic E-state index is -0.192. The number of halogens is 1. The zero-order chi connectivity index (χ0) is 15.2. The third-order valence-electron chi connectivity index (χ3n) is 3.37. The monoisotopic (exact) mass is 290 g/mol. The van der Waals surface area contributed by atoms with Crippen molar-refractivity contribution in [3.63, 3.8) is 0 Å². The third-order valence-corrected chi connectivity index (χ3v) is 3.37. The molecule has 0 saturated heterocycles. The lowest BCUT2D eigenvalue weighted by Gasteiger charge is -2.15. The summed E-state index contributed by atoms with van der Waals surface area (Å²) in [4.78, 5) is 2.12. The van der Waals surface area contributed by atoms with Gasteiger partial charge in [-0.3, -0.25) is 4.90 Å². The molecule has 2 rings (SSSR count). The number of hydrogen-bond donors (Lipinski definition) is 1. The molecule has 1 aromatic heterocycles. The molecule has 3 nitrogen and oxygen atoms in total. The normalized spacial score (nSPS) is 11.3. The van der Waals surface area contributed by atoms with Crippen LogP contribution in [0, 0.1) is 12.7 Å². The maximum atomic E-state index is 13.2. The van der Waals surface area contributed by atoms with Gasteiger partial charge in [-0.15, -0.1) is 0 Å². The summed E-state index contributed by atoms with van der Waals surface area (Å²) < 4.78 is 19.0. The molecule has 114 valence electrons. The van der Waals surface area contributed by atoms with Crippen LogP contribution in [0.15, 0.2) is 34.7 Å². The summed E-state index contributed by atoms with van der Waals surface area (Å²) >= 11 is 0. The number of benzene rings is 1. The van der Waals surface area contributed by atoms with Crippen molar-refractivity contribution in [2.45, 2.75) is 33.5 Å². The van der Waals surface area contributed by atoms with E-state index in [0.29, 0.717) is 13.1 Å². The Labute approximate surface area is 125 Å². The first-order chi connectivity index (χ1) is 10.1. The Kier molecular flexibility index (Phi) is 5.53. The molecule has 21 heavy (non-hydrogen) atoms. The fourth-order valence-electron chi connectivity index (χ4n) is 2.35. The summed E-state index contributed by atoms with van der Waals surface area (Å²) in [5.41, 5.74) is 2.14. The predicted molar refractivity (Wildman–Crippen MR) is 82.4 cm³/mol. The lowest BCUT2D eigenvalue weighted by atomic mass is 10.2. The summed E-state index contributed by atoms with van der Waals surface area (Å²) in [6, 6.07) is 8.79. The predicted octanol–water partition coefficient (Wildman–Crippen LogP) is 3.47. The Morgan fingerprint density at radius 1 is 1.24 bits per heavy atom. The van der Waals surface area contributed by atoms with Crippen molar-refractivity contribution in [2.24, 2.45) is 0 Å². The Morgan fingerprint density at radius 3 is 2.76 bits per heavy atom. The molecule has 0 amide bonds. The SMILES string of the molecule is CCNCc1oc(CN(C)Cc2cccc(F)c2)cc1C. The zero-order valence-corrected chi connectivity index (χ0v) is 12.9. The fraction of sp³-hybridized carbons (Fsp3) is 0.412. The molecular weight excluding hydrogens is 267 g/mol. The van der Waals surface area contributed by atoms with E-state index in [0.717, 1.165) is 30.2 Å². The first kappa shape index (κ1) is 15.7. The van der Waals surface area contributed by atoms with E-state index in [4.69, 9.17) is 4.42 Å². The average Bonchev–Trinajstić information content (AvgIpc) is 2.76. The van der Waals surface area contributed by atoms with Crippen LogP contribution in [0.25, 0.3) is 0 Å². The second-order valence-corrected chi connectivity index (χ2v) is 5.40. The van der Waals surface area contributed by atoms with Crippen molar-refractivity contribution < 1.29 is 8.81 Å². The topological polar surface area (TPSA) is 28.4 Å². The second kappa shape index (κ2) is 7.38. The highest BCUT2D eigenvalue weighted by atomic mass is 19.1. The van der Waals surface area contributed by atoms with E-state index in [1.54, 1.807) is 12.1 Å². The van der Waals surface area contributed by atoms with Crippen molar-refractivity contribution in [1.29, 1.82) is 0 Å². The van der Waals surface area contributed by atoms with Gasteiger partial charge in [0.2, 0.25) is 0 Å². The highest BCUT2D eigenvalue weighted by molar-refractivity contribution is 5.20. The van der Waals surface area contributed by atoms with Gasteiger partial charge >= 0.3 is 0 Å². The maximum absolute atomic E-state index is 13.2. The van der Waals surface area contributed by atoms with E-state index in [1.807, 2.05) is 13.1 Å². The van der Waals surface area contributed by atoms with Gasteiger partial charge in [-0.1, -0.05) is 19.1 Å². The molecule has 4 heteroatoms. The van der Waals surface area contributed by atoms with Crippen LogP contribution in [0.4, 0.5) is 4.39 Å². The van der Waals surface area contributed by atoms with E-state index in [1.165, 1.54) is 11.6 Å². The Morgan fingerprint density at radius 2 is 2.05 bits per heavy atom. The lowest BCUT2D eigenvalue weighted by molar-refractivity contribution is 0.282. The standard InChI is InChI=1S/C17H23FN2O/c1-4-19-10-17-13(2)8-16(21-17)12-20(3)11-14-6-5-7-15(18)9-14/h5-9,19H,4,10-12H2,1-3H3. The molecule has 1 aromatic carbocycles. The van der Waals surface area contributed by atoms with Crippen LogP contribution in [0.5, 0.6) is 0 Å². The summed E-state index contributed by atoms with van der Waals surface area (Å²) in [7, 11) is 2.01. The van der Waals surface area contributed by atoms with Gasteiger partial charge in [0, 0.05) is 6.54 Å². The molecule has 0 aliphatic heterocycles. The van der Waals surface area contributed by atoms with Crippen molar-refractivity contribution in [3.05, 3.63) is 58.8 Å². The van der Waals surface area contributed by atoms with Crippen LogP contribution >= 0.6 is 0 Å². The number of nitrogens with one attached hydrogen (secondary N) is 1. The molecule has 0 atom stereocenters. The van der Waals surface area contributed by atoms with E-state index in [9.17, 15) is 4.39 Å². The van der Waals surface area contributed by atoms with E-state index >= 15 is 0 Å². The number of furan rings is 1. The van der Waals surface area contributed by atoms with Gasteiger partial charge in [-0.05, 0) is 49.8 Å². The smallest absolute Gasteiger partial charge is 0.123 e. The van der Waals surface area contributed by atoms with Crippen LogP contribution < -0.4 is 5.32 Å². The van der Waals surface area contributed by atoms with Gasteiger partial charge in [0.1, 0.15) is 17.3 Å².